The van der Waals surface area contributed by atoms with Crippen LogP contribution < -0.4 is 31.4 Å². The molecule has 0 spiro atoms. The fraction of sp³-hybridized carbons (Fsp3) is 0.200. The number of nitrogen functional groups attached to an aromatic ring is 1. The zero-order chi connectivity index (χ0) is 26.1. The first-order chi connectivity index (χ1) is 17.3. The number of ether oxygens (including phenoxy) is 2. The molecule has 2 amide bonds. The molecule has 0 saturated heterocycles. The number of pyridine rings is 1. The van der Waals surface area contributed by atoms with E-state index in [1.54, 1.807) is 30.3 Å². The molecule has 10 nitrogen and oxygen atoms in total. The van der Waals surface area contributed by atoms with E-state index in [0.717, 1.165) is 0 Å². The van der Waals surface area contributed by atoms with Crippen LogP contribution in [-0.4, -0.2) is 36.4 Å². The molecule has 1 atom stereocenters. The van der Waals surface area contributed by atoms with Gasteiger partial charge in [0.25, 0.3) is 11.8 Å². The lowest BCUT2D eigenvalue weighted by molar-refractivity contribution is -0.122. The first-order valence-corrected chi connectivity index (χ1v) is 11.1. The lowest BCUT2D eigenvalue weighted by Gasteiger charge is -2.22. The molecule has 6 N–H and O–H groups in total. The third-order valence-electron chi connectivity index (χ3n) is 5.04. The second-order valence-electron chi connectivity index (χ2n) is 7.63. The average Bonchev–Trinajstić information content (AvgIpc) is 2.90. The van der Waals surface area contributed by atoms with E-state index in [1.165, 1.54) is 37.7 Å². The zero-order valence-corrected chi connectivity index (χ0v) is 19.8. The maximum absolute atomic E-state index is 15.5. The van der Waals surface area contributed by atoms with E-state index >= 15 is 4.39 Å². The number of nitrogens with one attached hydrogen (secondary N) is 4. The molecule has 0 fully saturated rings. The molecule has 1 heterocycles. The maximum atomic E-state index is 15.5. The molecule has 1 aromatic heterocycles. The summed E-state index contributed by atoms with van der Waals surface area (Å²) < 4.78 is 26.3. The van der Waals surface area contributed by atoms with Gasteiger partial charge in [-0.15, -0.1) is 0 Å². The summed E-state index contributed by atoms with van der Waals surface area (Å²) in [6.07, 6.45) is 3.50. The van der Waals surface area contributed by atoms with Gasteiger partial charge in [0.15, 0.2) is 11.6 Å². The van der Waals surface area contributed by atoms with Gasteiger partial charge in [-0.3, -0.25) is 30.8 Å². The van der Waals surface area contributed by atoms with Gasteiger partial charge >= 0.3 is 0 Å². The van der Waals surface area contributed by atoms with Crippen LogP contribution in [0.5, 0.6) is 11.5 Å². The van der Waals surface area contributed by atoms with Crippen molar-refractivity contribution in [3.63, 3.8) is 0 Å². The van der Waals surface area contributed by atoms with Crippen molar-refractivity contribution in [1.29, 1.82) is 5.41 Å². The smallest absolute Gasteiger partial charge is 0.271 e. The Bertz CT molecular complexity index is 1220. The second-order valence-corrected chi connectivity index (χ2v) is 7.63. The van der Waals surface area contributed by atoms with Crippen molar-refractivity contribution in [2.45, 2.75) is 19.4 Å². The van der Waals surface area contributed by atoms with Gasteiger partial charge in [0.05, 0.1) is 19.3 Å². The molecule has 0 bridgehead atoms. The minimum Gasteiger partial charge on any atom is -0.497 e. The standard InChI is InChI=1S/C25H27FN6O4/c1-3-11-36-20-13-18(35-2)12-19(21(20)26)22(30-17-8-6-15(7-9-17)23(27)28)25(34)32-31-24(33)16-5-4-10-29-14-16/h4-10,12-14,22,30H,3,11H2,1-2H3,(H3,27,28)(H,31,33)(H,32,34). The molecule has 36 heavy (non-hydrogen) atoms. The second kappa shape index (κ2) is 12.2. The van der Waals surface area contributed by atoms with E-state index in [4.69, 9.17) is 20.6 Å². The number of nitrogens with zero attached hydrogens (tertiary/aromatic N) is 1. The molecule has 0 saturated carbocycles. The third-order valence-corrected chi connectivity index (χ3v) is 5.04. The highest BCUT2D eigenvalue weighted by molar-refractivity contribution is 5.96. The van der Waals surface area contributed by atoms with E-state index in [9.17, 15) is 9.59 Å². The van der Waals surface area contributed by atoms with Crippen molar-refractivity contribution >= 4 is 23.3 Å². The van der Waals surface area contributed by atoms with E-state index in [2.05, 4.69) is 21.2 Å². The van der Waals surface area contributed by atoms with Gasteiger partial charge in [-0.2, -0.15) is 0 Å². The monoisotopic (exact) mass is 494 g/mol. The highest BCUT2D eigenvalue weighted by Gasteiger charge is 2.28. The number of nitrogens with two attached hydrogens (primary N) is 1. The molecule has 3 aromatic rings. The van der Waals surface area contributed by atoms with Crippen LogP contribution in [0.4, 0.5) is 10.1 Å². The van der Waals surface area contributed by atoms with Crippen LogP contribution in [0, 0.1) is 11.2 Å². The van der Waals surface area contributed by atoms with Gasteiger partial charge < -0.3 is 20.5 Å². The molecule has 0 aliphatic rings. The van der Waals surface area contributed by atoms with Crippen LogP contribution in [0.15, 0.2) is 60.9 Å². The average molecular weight is 495 g/mol. The minimum atomic E-state index is -1.30. The summed E-state index contributed by atoms with van der Waals surface area (Å²) in [5.41, 5.74) is 11.2. The molecule has 0 radical (unpaired) electrons. The number of rotatable bonds is 10. The number of anilines is 1. The van der Waals surface area contributed by atoms with Gasteiger partial charge in [-0.25, -0.2) is 4.39 Å². The molecule has 0 aliphatic heterocycles. The third kappa shape index (κ3) is 6.47. The van der Waals surface area contributed by atoms with E-state index < -0.39 is 23.7 Å². The van der Waals surface area contributed by atoms with Gasteiger partial charge in [0, 0.05) is 35.3 Å². The molecule has 1 unspecified atom stereocenters. The normalized spacial score (nSPS) is 11.2. The van der Waals surface area contributed by atoms with Crippen molar-refractivity contribution in [3.05, 3.63) is 83.4 Å². The molecule has 3 rings (SSSR count). The number of hydrogen-bond donors (Lipinski definition) is 5. The number of amides is 2. The highest BCUT2D eigenvalue weighted by atomic mass is 19.1. The lowest BCUT2D eigenvalue weighted by atomic mass is 10.0. The number of hydrogen-bond acceptors (Lipinski definition) is 7. The molecule has 2 aromatic carbocycles. The van der Waals surface area contributed by atoms with Crippen molar-refractivity contribution < 1.29 is 23.5 Å². The summed E-state index contributed by atoms with van der Waals surface area (Å²) in [6, 6.07) is 10.9. The highest BCUT2D eigenvalue weighted by Crippen LogP contribution is 2.33. The van der Waals surface area contributed by atoms with E-state index in [1.807, 2.05) is 6.92 Å². The van der Waals surface area contributed by atoms with E-state index in [0.29, 0.717) is 17.7 Å². The number of amidine groups is 1. The van der Waals surface area contributed by atoms with Gasteiger partial charge in [0.2, 0.25) is 0 Å². The Morgan fingerprint density at radius 1 is 1.14 bits per heavy atom. The minimum absolute atomic E-state index is 0.0655. The maximum Gasteiger partial charge on any atom is 0.271 e. The Morgan fingerprint density at radius 3 is 2.50 bits per heavy atom. The van der Waals surface area contributed by atoms with E-state index in [-0.39, 0.29) is 35.1 Å². The van der Waals surface area contributed by atoms with Gasteiger partial charge in [0.1, 0.15) is 17.6 Å². The Labute approximate surface area is 207 Å². The first-order valence-electron chi connectivity index (χ1n) is 11.1. The van der Waals surface area contributed by atoms with Crippen molar-refractivity contribution in [1.82, 2.24) is 15.8 Å². The summed E-state index contributed by atoms with van der Waals surface area (Å²) in [5, 5.41) is 10.5. The largest absolute Gasteiger partial charge is 0.497 e. The molecular weight excluding hydrogens is 467 g/mol. The van der Waals surface area contributed by atoms with Crippen LogP contribution in [0.1, 0.15) is 40.9 Å². The summed E-state index contributed by atoms with van der Waals surface area (Å²) in [5.74, 6) is -2.02. The fourth-order valence-electron chi connectivity index (χ4n) is 3.20. The van der Waals surface area contributed by atoms with Gasteiger partial charge in [-0.05, 0) is 48.9 Å². The quantitative estimate of drug-likeness (QED) is 0.165. The first kappa shape index (κ1) is 25.9. The SMILES string of the molecule is CCCOc1cc(OC)cc(C(Nc2ccc(C(=N)N)cc2)C(=O)NNC(=O)c2cccnc2)c1F. The molecule has 0 aliphatic carbocycles. The Balaban J connectivity index is 1.94. The number of benzene rings is 2. The Hall–Kier alpha value is -4.67. The van der Waals surface area contributed by atoms with Crippen LogP contribution in [0.3, 0.4) is 0 Å². The zero-order valence-electron chi connectivity index (χ0n) is 19.8. The van der Waals surface area contributed by atoms with Crippen LogP contribution in [-0.2, 0) is 4.79 Å². The molecule has 11 heteroatoms. The van der Waals surface area contributed by atoms with Crippen molar-refractivity contribution in [2.75, 3.05) is 19.0 Å². The summed E-state index contributed by atoms with van der Waals surface area (Å²) in [6.45, 7) is 2.15. The topological polar surface area (TPSA) is 151 Å². The summed E-state index contributed by atoms with van der Waals surface area (Å²) >= 11 is 0. The van der Waals surface area contributed by atoms with Crippen LogP contribution in [0.25, 0.3) is 0 Å². The lowest BCUT2D eigenvalue weighted by Crippen LogP contribution is -2.45. The van der Waals surface area contributed by atoms with Crippen LogP contribution in [0.2, 0.25) is 0 Å². The number of hydrazine groups is 1. The number of aromatic nitrogens is 1. The number of carbonyl (C=O) groups excluding carboxylic acids is 2. The predicted octanol–water partition coefficient (Wildman–Crippen LogP) is 2.92. The Morgan fingerprint density at radius 2 is 1.89 bits per heavy atom. The molecular formula is C25H27FN6O4. The Kier molecular flexibility index (Phi) is 8.76. The summed E-state index contributed by atoms with van der Waals surface area (Å²) in [4.78, 5) is 29.5. The number of carbonyl (C=O) groups is 2. The number of methoxy groups -OCH3 is 1. The van der Waals surface area contributed by atoms with Crippen LogP contribution >= 0.6 is 0 Å². The summed E-state index contributed by atoms with van der Waals surface area (Å²) in [7, 11) is 1.41. The van der Waals surface area contributed by atoms with Crippen molar-refractivity contribution in [3.8, 4) is 11.5 Å². The number of halogens is 1. The fourth-order valence-corrected chi connectivity index (χ4v) is 3.20. The van der Waals surface area contributed by atoms with Crippen molar-refractivity contribution in [2.24, 2.45) is 5.73 Å². The predicted molar refractivity (Wildman–Crippen MR) is 132 cm³/mol. The van der Waals surface area contributed by atoms with Gasteiger partial charge in [-0.1, -0.05) is 6.92 Å². The molecule has 188 valence electrons.